The largest absolute Gasteiger partial charge is 0.693 e. The SMILES string of the molecule is NC(c1ccccn1)=[N+](N)[O-]. The minimum atomic E-state index is -0.0920. The quantitative estimate of drug-likeness (QED) is 0.137. The summed E-state index contributed by atoms with van der Waals surface area (Å²) in [7, 11) is 0. The van der Waals surface area contributed by atoms with Gasteiger partial charge in [0, 0.05) is 6.20 Å². The number of hydrogen-bond donors (Lipinski definition) is 2. The van der Waals surface area contributed by atoms with E-state index in [9.17, 15) is 5.21 Å². The van der Waals surface area contributed by atoms with Crippen molar-refractivity contribution in [1.82, 2.24) is 4.98 Å². The molecule has 0 amide bonds. The number of hydrogen-bond acceptors (Lipinski definition) is 3. The van der Waals surface area contributed by atoms with Crippen LogP contribution in [0.15, 0.2) is 24.4 Å². The average molecular weight is 152 g/mol. The molecule has 1 aromatic rings. The van der Waals surface area contributed by atoms with Crippen molar-refractivity contribution < 1.29 is 4.85 Å². The van der Waals surface area contributed by atoms with E-state index in [1.807, 2.05) is 0 Å². The van der Waals surface area contributed by atoms with E-state index >= 15 is 0 Å². The van der Waals surface area contributed by atoms with Crippen LogP contribution in [0.3, 0.4) is 0 Å². The van der Waals surface area contributed by atoms with E-state index in [0.29, 0.717) is 5.69 Å². The Morgan fingerprint density at radius 1 is 1.55 bits per heavy atom. The summed E-state index contributed by atoms with van der Waals surface area (Å²) in [6, 6.07) is 5.05. The summed E-state index contributed by atoms with van der Waals surface area (Å²) in [5, 5.41) is 10.4. The van der Waals surface area contributed by atoms with Crippen LogP contribution in [0, 0.1) is 5.21 Å². The molecule has 0 atom stereocenters. The van der Waals surface area contributed by atoms with E-state index in [2.05, 4.69) is 4.98 Å². The normalized spacial score (nSPS) is 12.4. The van der Waals surface area contributed by atoms with Gasteiger partial charge in [0.1, 0.15) is 0 Å². The van der Waals surface area contributed by atoms with Gasteiger partial charge in [-0.1, -0.05) is 6.07 Å². The van der Waals surface area contributed by atoms with Gasteiger partial charge in [0.05, 0.1) is 0 Å². The number of amidine groups is 1. The van der Waals surface area contributed by atoms with Crippen LogP contribution in [0.5, 0.6) is 0 Å². The Kier molecular flexibility index (Phi) is 1.91. The Morgan fingerprint density at radius 2 is 2.27 bits per heavy atom. The number of pyridine rings is 1. The molecule has 0 aliphatic rings. The van der Waals surface area contributed by atoms with Crippen molar-refractivity contribution in [3.8, 4) is 0 Å². The fraction of sp³-hybridized carbons (Fsp3) is 0. The number of hydrazine groups is 1. The molecule has 0 bridgehead atoms. The van der Waals surface area contributed by atoms with Crippen LogP contribution in [-0.4, -0.2) is 15.7 Å². The first-order valence-corrected chi connectivity index (χ1v) is 2.97. The highest BCUT2D eigenvalue weighted by Crippen LogP contribution is 1.90. The maximum Gasteiger partial charge on any atom is 0.320 e. The molecule has 1 rings (SSSR count). The van der Waals surface area contributed by atoms with Crippen molar-refractivity contribution in [2.24, 2.45) is 11.6 Å². The second-order valence-corrected chi connectivity index (χ2v) is 1.93. The molecule has 11 heavy (non-hydrogen) atoms. The second kappa shape index (κ2) is 2.87. The van der Waals surface area contributed by atoms with E-state index in [1.54, 1.807) is 18.2 Å². The van der Waals surface area contributed by atoms with Crippen LogP contribution in [0.2, 0.25) is 0 Å². The van der Waals surface area contributed by atoms with Gasteiger partial charge < -0.3 is 5.21 Å². The maximum atomic E-state index is 10.4. The minimum Gasteiger partial charge on any atom is -0.693 e. The van der Waals surface area contributed by atoms with Crippen molar-refractivity contribution >= 4 is 5.84 Å². The van der Waals surface area contributed by atoms with Crippen LogP contribution in [0.1, 0.15) is 5.69 Å². The number of aromatic nitrogens is 1. The fourth-order valence-electron chi connectivity index (χ4n) is 0.627. The highest BCUT2D eigenvalue weighted by molar-refractivity contribution is 5.91. The van der Waals surface area contributed by atoms with Gasteiger partial charge in [-0.2, -0.15) is 4.85 Å². The molecule has 1 heterocycles. The predicted molar refractivity (Wildman–Crippen MR) is 40.3 cm³/mol. The first kappa shape index (κ1) is 7.33. The topological polar surface area (TPSA) is 91.0 Å². The summed E-state index contributed by atoms with van der Waals surface area (Å²) < 4.78 is 0. The molecule has 0 saturated carbocycles. The summed E-state index contributed by atoms with van der Waals surface area (Å²) in [4.78, 5) is 3.90. The van der Waals surface area contributed by atoms with Crippen LogP contribution >= 0.6 is 0 Å². The van der Waals surface area contributed by atoms with Crippen LogP contribution in [0.25, 0.3) is 0 Å². The smallest absolute Gasteiger partial charge is 0.320 e. The van der Waals surface area contributed by atoms with E-state index in [0.717, 1.165) is 0 Å². The Balaban J connectivity index is 3.04. The standard InChI is InChI=1S/C6H8N4O/c7-6(10(8)11)5-3-1-2-4-9-5/h1-4H,7-8H2. The molecule has 0 unspecified atom stereocenters. The van der Waals surface area contributed by atoms with E-state index in [4.69, 9.17) is 11.6 Å². The van der Waals surface area contributed by atoms with Gasteiger partial charge in [-0.25, -0.2) is 4.98 Å². The zero-order valence-electron chi connectivity index (χ0n) is 5.77. The van der Waals surface area contributed by atoms with Gasteiger partial charge in [0.15, 0.2) is 5.69 Å². The molecule has 58 valence electrons. The molecule has 0 fully saturated rings. The Bertz CT molecular complexity index is 265. The Morgan fingerprint density at radius 3 is 2.73 bits per heavy atom. The maximum absolute atomic E-state index is 10.4. The number of hydrazone groups is 1. The van der Waals surface area contributed by atoms with Crippen LogP contribution in [0.4, 0.5) is 0 Å². The third-order valence-corrected chi connectivity index (χ3v) is 1.16. The number of nitrogens with zero attached hydrogens (tertiary/aromatic N) is 2. The molecule has 0 saturated heterocycles. The second-order valence-electron chi connectivity index (χ2n) is 1.93. The summed E-state index contributed by atoms with van der Waals surface area (Å²) in [5.41, 5.74) is 5.66. The zero-order valence-corrected chi connectivity index (χ0v) is 5.77. The first-order chi connectivity index (χ1) is 5.22. The molecule has 4 N–H and O–H groups in total. The third-order valence-electron chi connectivity index (χ3n) is 1.16. The summed E-state index contributed by atoms with van der Waals surface area (Å²) in [5.74, 6) is 4.75. The lowest BCUT2D eigenvalue weighted by atomic mass is 10.3. The van der Waals surface area contributed by atoms with Gasteiger partial charge >= 0.3 is 5.84 Å². The van der Waals surface area contributed by atoms with Crippen molar-refractivity contribution in [2.75, 3.05) is 0 Å². The minimum absolute atomic E-state index is 0.0856. The Labute approximate surface area is 63.5 Å². The van der Waals surface area contributed by atoms with Crippen molar-refractivity contribution in [3.63, 3.8) is 0 Å². The Hall–Kier alpha value is -1.78. The highest BCUT2D eigenvalue weighted by Gasteiger charge is 2.04. The van der Waals surface area contributed by atoms with Crippen molar-refractivity contribution in [1.29, 1.82) is 0 Å². The van der Waals surface area contributed by atoms with Gasteiger partial charge in [-0.05, 0) is 12.1 Å². The molecule has 5 nitrogen and oxygen atoms in total. The van der Waals surface area contributed by atoms with Crippen molar-refractivity contribution in [3.05, 3.63) is 35.3 Å². The average Bonchev–Trinajstić information content (AvgIpc) is 2.05. The fourth-order valence-corrected chi connectivity index (χ4v) is 0.627. The van der Waals surface area contributed by atoms with Gasteiger partial charge in [-0.3, -0.25) is 11.6 Å². The molecule has 5 heteroatoms. The lowest BCUT2D eigenvalue weighted by Crippen LogP contribution is -2.30. The molecule has 1 aromatic heterocycles. The number of rotatable bonds is 1. The summed E-state index contributed by atoms with van der Waals surface area (Å²) >= 11 is 0. The number of nitrogens with two attached hydrogens (primary N) is 2. The molecule has 0 radical (unpaired) electrons. The van der Waals surface area contributed by atoms with E-state index in [1.165, 1.54) is 6.20 Å². The molecule has 0 aromatic carbocycles. The van der Waals surface area contributed by atoms with E-state index in [-0.39, 0.29) is 10.7 Å². The van der Waals surface area contributed by atoms with E-state index < -0.39 is 0 Å². The van der Waals surface area contributed by atoms with Crippen LogP contribution in [-0.2, 0) is 0 Å². The lowest BCUT2D eigenvalue weighted by Gasteiger charge is -2.02. The molecular formula is C6H8N4O. The molecule has 0 aliphatic heterocycles. The van der Waals surface area contributed by atoms with Gasteiger partial charge in [0.2, 0.25) is 0 Å². The summed E-state index contributed by atoms with van der Waals surface area (Å²) in [6.07, 6.45) is 1.53. The molecular weight excluding hydrogens is 144 g/mol. The van der Waals surface area contributed by atoms with Crippen molar-refractivity contribution in [2.45, 2.75) is 0 Å². The highest BCUT2D eigenvalue weighted by atomic mass is 16.5. The van der Waals surface area contributed by atoms with Gasteiger partial charge in [0.25, 0.3) is 0 Å². The predicted octanol–water partition coefficient (Wildman–Crippen LogP) is -0.829. The monoisotopic (exact) mass is 152 g/mol. The van der Waals surface area contributed by atoms with Crippen LogP contribution < -0.4 is 11.6 Å². The molecule has 0 spiro atoms. The summed E-state index contributed by atoms with van der Waals surface area (Å²) in [6.45, 7) is 0. The lowest BCUT2D eigenvalue weighted by molar-refractivity contribution is -0.470. The third kappa shape index (κ3) is 1.57. The molecule has 0 aliphatic carbocycles. The van der Waals surface area contributed by atoms with Gasteiger partial charge in [-0.15, -0.1) is 0 Å². The zero-order chi connectivity index (χ0) is 8.27. The first-order valence-electron chi connectivity index (χ1n) is 2.97.